The Morgan fingerprint density at radius 2 is 0.167 bits per heavy atom. The molecule has 0 N–H and O–H groups in total. The van der Waals surface area contributed by atoms with Gasteiger partial charge in [-0.3, -0.25) is 0 Å². The van der Waals surface area contributed by atoms with E-state index in [9.17, 15) is 0 Å². The third-order valence-corrected chi connectivity index (χ3v) is 19.9. The van der Waals surface area contributed by atoms with Crippen molar-refractivity contribution in [2.75, 3.05) is 0 Å². The zero-order valence-corrected chi connectivity index (χ0v) is 57.9. The van der Waals surface area contributed by atoms with Gasteiger partial charge in [0.05, 0.1) is 0 Å². The van der Waals surface area contributed by atoms with Crippen molar-refractivity contribution in [1.29, 1.82) is 0 Å². The Bertz CT molecular complexity index is 3660. The van der Waals surface area contributed by atoms with E-state index in [-0.39, 0.29) is 0 Å². The predicted molar refractivity (Wildman–Crippen MR) is 408 cm³/mol. The molecule has 6 heteroatoms. The van der Waals surface area contributed by atoms with Crippen LogP contribution in [0.2, 0.25) is 0 Å². The lowest BCUT2D eigenvalue weighted by molar-refractivity contribution is 1.50. The highest BCUT2D eigenvalue weighted by Gasteiger charge is 2.30. The predicted octanol–water partition coefficient (Wildman–Crippen LogP) is 25.3. The van der Waals surface area contributed by atoms with Gasteiger partial charge in [-0.1, -0.05) is 218 Å². The summed E-state index contributed by atoms with van der Waals surface area (Å²) in [6, 6.07) is 109. The molecule has 0 nitrogen and oxygen atoms in total. The van der Waals surface area contributed by atoms with Crippen LogP contribution in [0.15, 0.2) is 291 Å². The third kappa shape index (κ3) is 12.4. The van der Waals surface area contributed by atoms with Crippen molar-refractivity contribution in [1.82, 2.24) is 0 Å². The van der Waals surface area contributed by atoms with Crippen molar-refractivity contribution < 1.29 is 0 Å². The molecule has 0 amide bonds. The molecule has 0 aliphatic carbocycles. The van der Waals surface area contributed by atoms with Crippen molar-refractivity contribution in [3.8, 4) is 134 Å². The molecule has 402 valence electrons. The molecule has 0 heterocycles. The standard InChI is InChI=1S/C78H48I6/c79-67-37-25-55(26-38-67)49-1-13-61(14-2-49)73-74(62-15-3-50(4-16-62)56-27-39-68(80)40-28-56)76(64-19-7-52(8-20-64)58-31-43-70(82)44-32-58)78(66-23-11-54(12-24-66)60-35-47-72(84)48-36-60)77(65-21-9-53(10-22-65)59-33-45-71(83)46-34-59)75(73)63-17-5-51(6-18-63)57-29-41-69(81)42-30-57/h1-48H. The van der Waals surface area contributed by atoms with E-state index in [4.69, 9.17) is 0 Å². The first-order valence-electron chi connectivity index (χ1n) is 27.5. The molecule has 0 saturated carbocycles. The lowest BCUT2D eigenvalue weighted by atomic mass is 9.73. The first kappa shape index (κ1) is 57.3. The molecular weight excluding hydrogens is 1700 g/mol. The van der Waals surface area contributed by atoms with Crippen LogP contribution in [0, 0.1) is 21.4 Å². The normalized spacial score (nSPS) is 11.2. The molecule has 0 aliphatic heterocycles. The summed E-state index contributed by atoms with van der Waals surface area (Å²) in [5.74, 6) is 0. The van der Waals surface area contributed by atoms with E-state index in [0.717, 1.165) is 33.4 Å². The second-order valence-electron chi connectivity index (χ2n) is 20.8. The summed E-state index contributed by atoms with van der Waals surface area (Å²) in [6.07, 6.45) is 0. The Morgan fingerprint density at radius 3 is 0.262 bits per heavy atom. The maximum Gasteiger partial charge on any atom is 0.0130 e. The number of halogens is 6. The highest BCUT2D eigenvalue weighted by Crippen LogP contribution is 2.57. The van der Waals surface area contributed by atoms with Crippen LogP contribution in [0.4, 0.5) is 0 Å². The molecule has 0 spiro atoms. The highest BCUT2D eigenvalue weighted by molar-refractivity contribution is 14.1. The summed E-state index contributed by atoms with van der Waals surface area (Å²) in [5.41, 5.74) is 27.9. The van der Waals surface area contributed by atoms with Gasteiger partial charge in [0.25, 0.3) is 0 Å². The molecule has 0 saturated heterocycles. The smallest absolute Gasteiger partial charge is 0.0130 e. The molecule has 0 aliphatic rings. The zero-order valence-electron chi connectivity index (χ0n) is 45.0. The van der Waals surface area contributed by atoms with Gasteiger partial charge in [-0.2, -0.15) is 0 Å². The van der Waals surface area contributed by atoms with Crippen molar-refractivity contribution >= 4 is 136 Å². The topological polar surface area (TPSA) is 0 Å². The van der Waals surface area contributed by atoms with Gasteiger partial charge in [-0.05, 0) is 342 Å². The largest absolute Gasteiger partial charge is 0.0538 e. The molecule has 0 fully saturated rings. The van der Waals surface area contributed by atoms with E-state index in [1.165, 1.54) is 122 Å². The Morgan fingerprint density at radius 1 is 0.0952 bits per heavy atom. The maximum absolute atomic E-state index is 2.40. The fraction of sp³-hybridized carbons (Fsp3) is 0. The minimum absolute atomic E-state index is 1.13. The Kier molecular flexibility index (Phi) is 17.5. The quantitative estimate of drug-likeness (QED) is 0.107. The Balaban J connectivity index is 1.17. The summed E-state index contributed by atoms with van der Waals surface area (Å²) < 4.78 is 7.28. The van der Waals surface area contributed by atoms with Crippen LogP contribution >= 0.6 is 136 Å². The van der Waals surface area contributed by atoms with Crippen molar-refractivity contribution in [3.63, 3.8) is 0 Å². The maximum atomic E-state index is 2.40. The minimum Gasteiger partial charge on any atom is -0.0538 e. The number of hydrogen-bond acceptors (Lipinski definition) is 0. The summed E-state index contributed by atoms with van der Waals surface area (Å²) >= 11 is 14.4. The van der Waals surface area contributed by atoms with Crippen LogP contribution in [0.1, 0.15) is 0 Å². The zero-order chi connectivity index (χ0) is 57.3. The molecule has 0 radical (unpaired) electrons. The fourth-order valence-corrected chi connectivity index (χ4v) is 13.5. The average molecular weight is 1750 g/mol. The highest BCUT2D eigenvalue weighted by atomic mass is 127. The number of benzene rings is 13. The van der Waals surface area contributed by atoms with Crippen LogP contribution in [-0.4, -0.2) is 0 Å². The van der Waals surface area contributed by atoms with Gasteiger partial charge in [0.15, 0.2) is 0 Å². The van der Waals surface area contributed by atoms with E-state index in [0.29, 0.717) is 0 Å². The SMILES string of the molecule is Ic1ccc(-c2ccc(-c3c(-c4ccc(-c5ccc(I)cc5)cc4)c(-c4ccc(-c5ccc(I)cc5)cc4)c(-c4ccc(-c5ccc(I)cc5)cc4)c(-c4ccc(-c5ccc(I)cc5)cc4)c3-c3ccc(-c4ccc(I)cc4)cc3)cc2)cc1. The average Bonchev–Trinajstić information content (AvgIpc) is 1.19. The van der Waals surface area contributed by atoms with Gasteiger partial charge in [0.2, 0.25) is 0 Å². The summed E-state index contributed by atoms with van der Waals surface area (Å²) in [6.45, 7) is 0. The summed E-state index contributed by atoms with van der Waals surface area (Å²) in [4.78, 5) is 0. The van der Waals surface area contributed by atoms with Crippen molar-refractivity contribution in [2.24, 2.45) is 0 Å². The van der Waals surface area contributed by atoms with Gasteiger partial charge in [-0.15, -0.1) is 0 Å². The third-order valence-electron chi connectivity index (χ3n) is 15.6. The molecule has 0 unspecified atom stereocenters. The van der Waals surface area contributed by atoms with Crippen molar-refractivity contribution in [2.45, 2.75) is 0 Å². The molecule has 0 aromatic heterocycles. The molecule has 84 heavy (non-hydrogen) atoms. The van der Waals surface area contributed by atoms with Crippen molar-refractivity contribution in [3.05, 3.63) is 313 Å². The molecular formula is C78H48I6. The monoisotopic (exact) mass is 1750 g/mol. The lowest BCUT2D eigenvalue weighted by Gasteiger charge is -2.29. The Hall–Kier alpha value is -5.76. The van der Waals surface area contributed by atoms with E-state index in [1.807, 2.05) is 0 Å². The molecule has 13 aromatic carbocycles. The van der Waals surface area contributed by atoms with E-state index in [2.05, 4.69) is 427 Å². The lowest BCUT2D eigenvalue weighted by Crippen LogP contribution is -2.02. The summed E-state index contributed by atoms with van der Waals surface area (Å²) in [7, 11) is 0. The summed E-state index contributed by atoms with van der Waals surface area (Å²) in [5, 5.41) is 0. The van der Waals surface area contributed by atoms with Gasteiger partial charge < -0.3 is 0 Å². The van der Waals surface area contributed by atoms with Gasteiger partial charge in [-0.25, -0.2) is 0 Å². The second kappa shape index (κ2) is 25.7. The van der Waals surface area contributed by atoms with Crippen LogP contribution in [0.3, 0.4) is 0 Å². The first-order valence-corrected chi connectivity index (χ1v) is 34.0. The second-order valence-corrected chi connectivity index (χ2v) is 28.2. The molecule has 13 rings (SSSR count). The minimum atomic E-state index is 1.13. The van der Waals surface area contributed by atoms with Crippen LogP contribution in [0.25, 0.3) is 134 Å². The Labute approximate surface area is 574 Å². The van der Waals surface area contributed by atoms with Crippen LogP contribution in [-0.2, 0) is 0 Å². The number of rotatable bonds is 12. The van der Waals surface area contributed by atoms with Gasteiger partial charge in [0, 0.05) is 21.4 Å². The van der Waals surface area contributed by atoms with E-state index >= 15 is 0 Å². The van der Waals surface area contributed by atoms with Gasteiger partial charge in [0.1, 0.15) is 0 Å². The molecule has 0 bridgehead atoms. The molecule has 0 atom stereocenters. The van der Waals surface area contributed by atoms with Crippen LogP contribution < -0.4 is 0 Å². The van der Waals surface area contributed by atoms with E-state index in [1.54, 1.807) is 0 Å². The number of hydrogen-bond donors (Lipinski definition) is 0. The van der Waals surface area contributed by atoms with Crippen LogP contribution in [0.5, 0.6) is 0 Å². The van der Waals surface area contributed by atoms with Gasteiger partial charge >= 0.3 is 0 Å². The first-order chi connectivity index (χ1) is 41.1. The van der Waals surface area contributed by atoms with E-state index < -0.39 is 0 Å². The molecule has 13 aromatic rings. The fourth-order valence-electron chi connectivity index (χ4n) is 11.3.